The van der Waals surface area contributed by atoms with Gasteiger partial charge in [0.05, 0.1) is 18.6 Å². The van der Waals surface area contributed by atoms with E-state index in [1.807, 2.05) is 31.2 Å². The van der Waals surface area contributed by atoms with E-state index in [-0.39, 0.29) is 11.8 Å². The zero-order valence-corrected chi connectivity index (χ0v) is 15.6. The molecule has 0 spiro atoms. The maximum absolute atomic E-state index is 11.8. The fraction of sp³-hybridized carbons (Fsp3) is 0.278. The molecule has 0 aliphatic carbocycles. The highest BCUT2D eigenvalue weighted by Gasteiger charge is 2.15. The Bertz CT molecular complexity index is 981. The molecule has 2 aromatic carbocycles. The van der Waals surface area contributed by atoms with Gasteiger partial charge in [-0.25, -0.2) is 13.4 Å². The van der Waals surface area contributed by atoms with E-state index in [9.17, 15) is 8.42 Å². The predicted molar refractivity (Wildman–Crippen MR) is 102 cm³/mol. The van der Waals surface area contributed by atoms with Crippen LogP contribution in [0.1, 0.15) is 25.8 Å². The second kappa shape index (κ2) is 7.25. The molecule has 0 aliphatic heterocycles. The number of ether oxygens (including phenoxy) is 1. The van der Waals surface area contributed by atoms with Crippen molar-refractivity contribution in [2.75, 3.05) is 22.9 Å². The number of sulfonamides is 1. The first-order chi connectivity index (χ1) is 12.4. The Hall–Kier alpha value is -2.74. The molecule has 0 aliphatic rings. The van der Waals surface area contributed by atoms with Gasteiger partial charge in [0.15, 0.2) is 5.58 Å². The van der Waals surface area contributed by atoms with Gasteiger partial charge in [0.25, 0.3) is 0 Å². The van der Waals surface area contributed by atoms with Gasteiger partial charge in [-0.2, -0.15) is 0 Å². The van der Waals surface area contributed by atoms with Crippen molar-refractivity contribution in [2.45, 2.75) is 19.9 Å². The molecule has 2 N–H and O–H groups in total. The van der Waals surface area contributed by atoms with Gasteiger partial charge in [-0.05, 0) is 38.1 Å². The van der Waals surface area contributed by atoms with E-state index in [4.69, 9.17) is 9.15 Å². The van der Waals surface area contributed by atoms with Crippen LogP contribution in [0.3, 0.4) is 0 Å². The summed E-state index contributed by atoms with van der Waals surface area (Å²) in [5.74, 6) is 0.989. The van der Waals surface area contributed by atoms with Crippen LogP contribution in [-0.2, 0) is 10.0 Å². The van der Waals surface area contributed by atoms with Crippen molar-refractivity contribution in [3.8, 4) is 5.75 Å². The molecular weight excluding hydrogens is 354 g/mol. The molecule has 1 atom stereocenters. The minimum atomic E-state index is -3.37. The van der Waals surface area contributed by atoms with Crippen molar-refractivity contribution in [3.63, 3.8) is 0 Å². The van der Waals surface area contributed by atoms with Crippen molar-refractivity contribution in [1.82, 2.24) is 4.98 Å². The molecule has 1 heterocycles. The minimum absolute atomic E-state index is 0.00902. The number of para-hydroxylation sites is 2. The molecule has 0 bridgehead atoms. The summed E-state index contributed by atoms with van der Waals surface area (Å²) in [6.07, 6.45) is 0. The highest BCUT2D eigenvalue weighted by molar-refractivity contribution is 7.92. The fourth-order valence-electron chi connectivity index (χ4n) is 2.49. The summed E-state index contributed by atoms with van der Waals surface area (Å²) in [4.78, 5) is 4.48. The Morgan fingerprint density at radius 1 is 1.23 bits per heavy atom. The molecule has 0 amide bonds. The van der Waals surface area contributed by atoms with Crippen LogP contribution in [0, 0.1) is 0 Å². The number of aromatic nitrogens is 1. The number of methoxy groups -OCH3 is 1. The van der Waals surface area contributed by atoms with Crippen molar-refractivity contribution in [3.05, 3.63) is 48.4 Å². The normalized spacial score (nSPS) is 12.7. The Morgan fingerprint density at radius 2 is 2.00 bits per heavy atom. The summed E-state index contributed by atoms with van der Waals surface area (Å²) in [5.41, 5.74) is 2.70. The van der Waals surface area contributed by atoms with E-state index >= 15 is 0 Å². The minimum Gasteiger partial charge on any atom is -0.494 e. The number of hydrogen-bond acceptors (Lipinski definition) is 6. The topological polar surface area (TPSA) is 93.5 Å². The number of rotatable bonds is 7. The molecule has 0 saturated heterocycles. The summed E-state index contributed by atoms with van der Waals surface area (Å²) in [5, 5.41) is 3.28. The van der Waals surface area contributed by atoms with Crippen LogP contribution in [0.5, 0.6) is 5.75 Å². The first-order valence-corrected chi connectivity index (χ1v) is 9.87. The predicted octanol–water partition coefficient (Wildman–Crippen LogP) is 3.77. The second-order valence-electron chi connectivity index (χ2n) is 5.81. The molecule has 26 heavy (non-hydrogen) atoms. The van der Waals surface area contributed by atoms with Gasteiger partial charge >= 0.3 is 0 Å². The van der Waals surface area contributed by atoms with E-state index in [2.05, 4.69) is 15.0 Å². The largest absolute Gasteiger partial charge is 0.494 e. The van der Waals surface area contributed by atoms with Crippen molar-refractivity contribution < 1.29 is 17.6 Å². The van der Waals surface area contributed by atoms with Crippen LogP contribution in [-0.4, -0.2) is 26.3 Å². The molecule has 7 nitrogen and oxygen atoms in total. The Balaban J connectivity index is 1.80. The molecule has 3 aromatic rings. The summed E-state index contributed by atoms with van der Waals surface area (Å²) in [7, 11) is -1.88. The average molecular weight is 375 g/mol. The standard InChI is InChI=1S/C18H21N3O4S/c1-4-26(22,23)21-15-10-9-13(11-17(15)24-3)19-12(2)18-20-14-7-5-6-8-16(14)25-18/h5-12,19,21H,4H2,1-3H3. The zero-order chi connectivity index (χ0) is 18.7. The van der Waals surface area contributed by atoms with Gasteiger partial charge in [-0.15, -0.1) is 0 Å². The zero-order valence-electron chi connectivity index (χ0n) is 14.8. The average Bonchev–Trinajstić information content (AvgIpc) is 3.07. The van der Waals surface area contributed by atoms with Gasteiger partial charge in [0.1, 0.15) is 17.3 Å². The third-order valence-corrected chi connectivity index (χ3v) is 5.20. The van der Waals surface area contributed by atoms with E-state index in [1.54, 1.807) is 25.1 Å². The molecule has 0 saturated carbocycles. The van der Waals surface area contributed by atoms with E-state index in [0.717, 1.165) is 16.8 Å². The molecule has 1 unspecified atom stereocenters. The van der Waals surface area contributed by atoms with Crippen LogP contribution >= 0.6 is 0 Å². The summed E-state index contributed by atoms with van der Waals surface area (Å²) in [6, 6.07) is 12.6. The molecule has 0 fully saturated rings. The van der Waals surface area contributed by atoms with Gasteiger partial charge < -0.3 is 14.5 Å². The quantitative estimate of drug-likeness (QED) is 0.653. The Morgan fingerprint density at radius 3 is 2.69 bits per heavy atom. The first-order valence-electron chi connectivity index (χ1n) is 8.22. The number of fused-ring (bicyclic) bond motifs is 1. The summed E-state index contributed by atoms with van der Waals surface area (Å²) >= 11 is 0. The van der Waals surface area contributed by atoms with Crippen molar-refractivity contribution in [2.24, 2.45) is 0 Å². The van der Waals surface area contributed by atoms with Gasteiger partial charge in [0.2, 0.25) is 15.9 Å². The third-order valence-electron chi connectivity index (χ3n) is 3.91. The number of nitrogens with zero attached hydrogens (tertiary/aromatic N) is 1. The van der Waals surface area contributed by atoms with Crippen LogP contribution in [0.25, 0.3) is 11.1 Å². The van der Waals surface area contributed by atoms with Gasteiger partial charge in [0, 0.05) is 11.8 Å². The first kappa shape index (κ1) is 18.1. The smallest absolute Gasteiger partial charge is 0.232 e. The maximum atomic E-state index is 11.8. The van der Waals surface area contributed by atoms with Crippen LogP contribution < -0.4 is 14.8 Å². The molecular formula is C18H21N3O4S. The van der Waals surface area contributed by atoms with Crippen LogP contribution in [0.2, 0.25) is 0 Å². The molecule has 1 aromatic heterocycles. The second-order valence-corrected chi connectivity index (χ2v) is 7.82. The molecule has 8 heteroatoms. The number of benzene rings is 2. The highest BCUT2D eigenvalue weighted by atomic mass is 32.2. The Labute approximate surface area is 152 Å². The fourth-order valence-corrected chi connectivity index (χ4v) is 3.14. The Kier molecular flexibility index (Phi) is 5.03. The lowest BCUT2D eigenvalue weighted by atomic mass is 10.2. The molecule has 0 radical (unpaired) electrons. The van der Waals surface area contributed by atoms with E-state index < -0.39 is 10.0 Å². The lowest BCUT2D eigenvalue weighted by molar-refractivity contribution is 0.417. The number of hydrogen-bond donors (Lipinski definition) is 2. The van der Waals surface area contributed by atoms with Crippen LogP contribution in [0.4, 0.5) is 11.4 Å². The number of oxazole rings is 1. The van der Waals surface area contributed by atoms with E-state index in [0.29, 0.717) is 17.3 Å². The van der Waals surface area contributed by atoms with E-state index in [1.165, 1.54) is 7.11 Å². The molecule has 138 valence electrons. The van der Waals surface area contributed by atoms with Crippen LogP contribution in [0.15, 0.2) is 46.9 Å². The van der Waals surface area contributed by atoms with Crippen molar-refractivity contribution >= 4 is 32.5 Å². The monoisotopic (exact) mass is 375 g/mol. The van der Waals surface area contributed by atoms with Crippen molar-refractivity contribution in [1.29, 1.82) is 0 Å². The van der Waals surface area contributed by atoms with Gasteiger partial charge in [-0.3, -0.25) is 4.72 Å². The number of anilines is 2. The third kappa shape index (κ3) is 3.91. The SMILES string of the molecule is CCS(=O)(=O)Nc1ccc(NC(C)c2nc3ccccc3o2)cc1OC. The highest BCUT2D eigenvalue weighted by Crippen LogP contribution is 2.31. The maximum Gasteiger partial charge on any atom is 0.232 e. The summed E-state index contributed by atoms with van der Waals surface area (Å²) in [6.45, 7) is 3.51. The lowest BCUT2D eigenvalue weighted by Crippen LogP contribution is -2.15. The van der Waals surface area contributed by atoms with Gasteiger partial charge in [-0.1, -0.05) is 12.1 Å². The summed E-state index contributed by atoms with van der Waals surface area (Å²) < 4.78 is 37.1. The molecule has 3 rings (SSSR count). The number of nitrogens with one attached hydrogen (secondary N) is 2. The lowest BCUT2D eigenvalue weighted by Gasteiger charge is -2.15.